The highest BCUT2D eigenvalue weighted by Crippen LogP contribution is 2.25. The molecule has 2 aromatic rings. The van der Waals surface area contributed by atoms with E-state index in [1.165, 1.54) is 22.9 Å². The molecule has 24 heavy (non-hydrogen) atoms. The van der Waals surface area contributed by atoms with Gasteiger partial charge in [-0.3, -0.25) is 19.6 Å². The van der Waals surface area contributed by atoms with Crippen LogP contribution in [0.1, 0.15) is 23.0 Å². The second-order valence-electron chi connectivity index (χ2n) is 4.76. The molecule has 0 unspecified atom stereocenters. The van der Waals surface area contributed by atoms with E-state index in [1.807, 2.05) is 0 Å². The molecular formula is C14H14F2N4O4. The number of ether oxygens (including phenoxy) is 1. The topological polar surface area (TPSA) is 99.3 Å². The molecular weight excluding hydrogens is 326 g/mol. The zero-order chi connectivity index (χ0) is 17.9. The third-order valence-corrected chi connectivity index (χ3v) is 3.20. The summed E-state index contributed by atoms with van der Waals surface area (Å²) in [6.07, 6.45) is 1.00. The van der Waals surface area contributed by atoms with Gasteiger partial charge in [0.15, 0.2) is 0 Å². The molecule has 0 spiro atoms. The normalized spacial score (nSPS) is 10.7. The SMILES string of the molecule is CCn1ncc([N+](=O)[O-])c1C(=O)Nc1ccc(OC(F)F)cc1C. The van der Waals surface area contributed by atoms with Crippen molar-refractivity contribution in [3.8, 4) is 5.75 Å². The fourth-order valence-electron chi connectivity index (χ4n) is 2.12. The van der Waals surface area contributed by atoms with Gasteiger partial charge in [-0.15, -0.1) is 0 Å². The van der Waals surface area contributed by atoms with Gasteiger partial charge in [0.1, 0.15) is 11.9 Å². The van der Waals surface area contributed by atoms with Crippen molar-refractivity contribution in [2.75, 3.05) is 5.32 Å². The molecule has 1 heterocycles. The number of carbonyl (C=O) groups is 1. The lowest BCUT2D eigenvalue weighted by Gasteiger charge is -2.11. The molecule has 128 valence electrons. The zero-order valence-corrected chi connectivity index (χ0v) is 12.8. The summed E-state index contributed by atoms with van der Waals surface area (Å²) in [6.45, 7) is 0.595. The Hall–Kier alpha value is -3.04. The number of halogens is 2. The molecule has 0 atom stereocenters. The van der Waals surface area contributed by atoms with E-state index in [9.17, 15) is 23.7 Å². The maximum absolute atomic E-state index is 12.4. The number of amides is 1. The molecule has 1 aromatic carbocycles. The zero-order valence-electron chi connectivity index (χ0n) is 12.8. The van der Waals surface area contributed by atoms with E-state index in [0.29, 0.717) is 11.3 Å². The summed E-state index contributed by atoms with van der Waals surface area (Å²) in [5.41, 5.74) is 0.186. The number of carbonyl (C=O) groups excluding carboxylic acids is 1. The number of hydrogen-bond donors (Lipinski definition) is 1. The van der Waals surface area contributed by atoms with E-state index in [1.54, 1.807) is 13.8 Å². The monoisotopic (exact) mass is 340 g/mol. The summed E-state index contributed by atoms with van der Waals surface area (Å²) in [6, 6.07) is 3.97. The van der Waals surface area contributed by atoms with Crippen LogP contribution < -0.4 is 10.1 Å². The Kier molecular flexibility index (Phi) is 5.07. The standard InChI is InChI=1S/C14H14F2N4O4/c1-3-19-12(11(7-17-19)20(22)23)13(21)18-10-5-4-9(6-8(10)2)24-14(15)16/h4-7,14H,3H2,1-2H3,(H,18,21). The van der Waals surface area contributed by atoms with E-state index in [4.69, 9.17) is 0 Å². The van der Waals surface area contributed by atoms with Crippen LogP contribution in [0.2, 0.25) is 0 Å². The van der Waals surface area contributed by atoms with Gasteiger partial charge in [-0.1, -0.05) is 0 Å². The van der Waals surface area contributed by atoms with Gasteiger partial charge >= 0.3 is 12.3 Å². The Bertz CT molecular complexity index is 776. The van der Waals surface area contributed by atoms with E-state index in [0.717, 1.165) is 6.20 Å². The number of nitro groups is 1. The van der Waals surface area contributed by atoms with Crippen LogP contribution in [0, 0.1) is 17.0 Å². The van der Waals surface area contributed by atoms with Crippen molar-refractivity contribution >= 4 is 17.3 Å². The first-order chi connectivity index (χ1) is 11.3. The molecule has 0 radical (unpaired) electrons. The lowest BCUT2D eigenvalue weighted by atomic mass is 10.2. The number of alkyl halides is 2. The average molecular weight is 340 g/mol. The summed E-state index contributed by atoms with van der Waals surface area (Å²) in [5, 5.41) is 17.3. The van der Waals surface area contributed by atoms with E-state index < -0.39 is 23.1 Å². The average Bonchev–Trinajstić information content (AvgIpc) is 2.93. The predicted octanol–water partition coefficient (Wildman–Crippen LogP) is 2.97. The summed E-state index contributed by atoms with van der Waals surface area (Å²) in [5.74, 6) is -0.767. The fourth-order valence-corrected chi connectivity index (χ4v) is 2.12. The lowest BCUT2D eigenvalue weighted by Crippen LogP contribution is -2.19. The summed E-state index contributed by atoms with van der Waals surface area (Å²) < 4.78 is 29.8. The minimum absolute atomic E-state index is 0.0509. The molecule has 0 bridgehead atoms. The van der Waals surface area contributed by atoms with Crippen LogP contribution in [0.3, 0.4) is 0 Å². The summed E-state index contributed by atoms with van der Waals surface area (Å²) >= 11 is 0. The van der Waals surface area contributed by atoms with Gasteiger partial charge in [-0.25, -0.2) is 0 Å². The number of anilines is 1. The highest BCUT2D eigenvalue weighted by molar-refractivity contribution is 6.06. The molecule has 1 amide bonds. The number of benzene rings is 1. The number of nitrogens with zero attached hydrogens (tertiary/aromatic N) is 3. The molecule has 2 rings (SSSR count). The highest BCUT2D eigenvalue weighted by atomic mass is 19.3. The molecule has 1 aromatic heterocycles. The first-order valence-corrected chi connectivity index (χ1v) is 6.90. The second-order valence-corrected chi connectivity index (χ2v) is 4.76. The predicted molar refractivity (Wildman–Crippen MR) is 80.3 cm³/mol. The Labute approximate surface area is 135 Å². The Morgan fingerprint density at radius 3 is 2.75 bits per heavy atom. The van der Waals surface area contributed by atoms with Crippen LogP contribution in [0.4, 0.5) is 20.2 Å². The van der Waals surface area contributed by atoms with Crippen LogP contribution >= 0.6 is 0 Å². The number of hydrogen-bond acceptors (Lipinski definition) is 5. The minimum atomic E-state index is -2.95. The number of nitrogens with one attached hydrogen (secondary N) is 1. The van der Waals surface area contributed by atoms with E-state index in [-0.39, 0.29) is 18.0 Å². The molecule has 10 heteroatoms. The van der Waals surface area contributed by atoms with E-state index >= 15 is 0 Å². The summed E-state index contributed by atoms with van der Waals surface area (Å²) in [4.78, 5) is 22.7. The van der Waals surface area contributed by atoms with Crippen molar-refractivity contribution in [3.63, 3.8) is 0 Å². The smallest absolute Gasteiger partial charge is 0.387 e. The van der Waals surface area contributed by atoms with Gasteiger partial charge in [0.05, 0.1) is 4.92 Å². The molecule has 8 nitrogen and oxygen atoms in total. The van der Waals surface area contributed by atoms with Crippen molar-refractivity contribution in [3.05, 3.63) is 45.8 Å². The van der Waals surface area contributed by atoms with Crippen LogP contribution in [0.25, 0.3) is 0 Å². The maximum Gasteiger partial charge on any atom is 0.387 e. The van der Waals surface area contributed by atoms with Gasteiger partial charge in [0, 0.05) is 12.2 Å². The van der Waals surface area contributed by atoms with E-state index in [2.05, 4.69) is 15.2 Å². The van der Waals surface area contributed by atoms with Gasteiger partial charge in [0.2, 0.25) is 5.69 Å². The van der Waals surface area contributed by atoms with Crippen molar-refractivity contribution in [1.29, 1.82) is 0 Å². The van der Waals surface area contributed by atoms with Crippen LogP contribution in [0.5, 0.6) is 5.75 Å². The third-order valence-electron chi connectivity index (χ3n) is 3.20. The molecule has 0 aliphatic heterocycles. The lowest BCUT2D eigenvalue weighted by molar-refractivity contribution is -0.385. The largest absolute Gasteiger partial charge is 0.435 e. The van der Waals surface area contributed by atoms with Crippen molar-refractivity contribution in [1.82, 2.24) is 9.78 Å². The Morgan fingerprint density at radius 2 is 2.21 bits per heavy atom. The number of aromatic nitrogens is 2. The Morgan fingerprint density at radius 1 is 1.50 bits per heavy atom. The van der Waals surface area contributed by atoms with Crippen molar-refractivity contribution in [2.45, 2.75) is 27.0 Å². The fraction of sp³-hybridized carbons (Fsp3) is 0.286. The minimum Gasteiger partial charge on any atom is -0.435 e. The number of rotatable bonds is 6. The molecule has 0 saturated carbocycles. The molecule has 1 N–H and O–H groups in total. The van der Waals surface area contributed by atoms with Gasteiger partial charge in [0.25, 0.3) is 5.91 Å². The van der Waals surface area contributed by atoms with Crippen LogP contribution in [-0.4, -0.2) is 27.2 Å². The van der Waals surface area contributed by atoms with Gasteiger partial charge < -0.3 is 10.1 Å². The van der Waals surface area contributed by atoms with Gasteiger partial charge in [-0.05, 0) is 37.6 Å². The second kappa shape index (κ2) is 7.02. The number of aryl methyl sites for hydroxylation is 2. The van der Waals surface area contributed by atoms with Crippen LogP contribution in [0.15, 0.2) is 24.4 Å². The molecule has 0 fully saturated rings. The maximum atomic E-state index is 12.4. The molecule has 0 saturated heterocycles. The Balaban J connectivity index is 2.27. The first-order valence-electron chi connectivity index (χ1n) is 6.90. The van der Waals surface area contributed by atoms with Gasteiger partial charge in [-0.2, -0.15) is 13.9 Å². The quantitative estimate of drug-likeness (QED) is 0.644. The molecule has 0 aliphatic carbocycles. The van der Waals surface area contributed by atoms with Crippen molar-refractivity contribution in [2.24, 2.45) is 0 Å². The first kappa shape index (κ1) is 17.3. The highest BCUT2D eigenvalue weighted by Gasteiger charge is 2.26. The third kappa shape index (κ3) is 3.65. The van der Waals surface area contributed by atoms with Crippen LogP contribution in [-0.2, 0) is 6.54 Å². The molecule has 0 aliphatic rings. The van der Waals surface area contributed by atoms with Crippen molar-refractivity contribution < 1.29 is 23.2 Å². The summed E-state index contributed by atoms with van der Waals surface area (Å²) in [7, 11) is 0.